The van der Waals surface area contributed by atoms with Crippen molar-refractivity contribution in [2.24, 2.45) is 5.14 Å². The van der Waals surface area contributed by atoms with E-state index in [9.17, 15) is 13.7 Å². The molecule has 0 atom stereocenters. The SMILES string of the molecule is COc1nc(-c2ccccc2Cl)c(-c2ccc(S(N)(=O)=O)cc2)cc1C#N. The van der Waals surface area contributed by atoms with Gasteiger partial charge >= 0.3 is 0 Å². The number of primary sulfonamides is 1. The lowest BCUT2D eigenvalue weighted by Gasteiger charge is -2.14. The van der Waals surface area contributed by atoms with E-state index in [4.69, 9.17) is 21.5 Å². The van der Waals surface area contributed by atoms with Crippen molar-refractivity contribution in [1.82, 2.24) is 4.98 Å². The first-order chi connectivity index (χ1) is 12.8. The predicted molar refractivity (Wildman–Crippen MR) is 103 cm³/mol. The smallest absolute Gasteiger partial charge is 0.238 e. The van der Waals surface area contributed by atoms with Crippen LogP contribution >= 0.6 is 11.6 Å². The van der Waals surface area contributed by atoms with Crippen LogP contribution in [-0.2, 0) is 10.0 Å². The quantitative estimate of drug-likeness (QED) is 0.721. The molecule has 1 aromatic heterocycles. The molecule has 0 saturated heterocycles. The van der Waals surface area contributed by atoms with E-state index in [1.165, 1.54) is 19.2 Å². The molecule has 2 N–H and O–H groups in total. The molecule has 0 amide bonds. The van der Waals surface area contributed by atoms with Crippen LogP contribution in [0.1, 0.15) is 5.56 Å². The third kappa shape index (κ3) is 3.78. The van der Waals surface area contributed by atoms with E-state index < -0.39 is 10.0 Å². The van der Waals surface area contributed by atoms with Gasteiger partial charge in [-0.05, 0) is 29.8 Å². The Morgan fingerprint density at radius 1 is 1.11 bits per heavy atom. The first-order valence-corrected chi connectivity index (χ1v) is 9.65. The minimum atomic E-state index is -3.80. The third-order valence-corrected chi connectivity index (χ3v) is 5.18. The summed E-state index contributed by atoms with van der Waals surface area (Å²) in [5, 5.41) is 15.0. The largest absolute Gasteiger partial charge is 0.480 e. The molecule has 0 spiro atoms. The van der Waals surface area contributed by atoms with Crippen LogP contribution in [0.25, 0.3) is 22.4 Å². The van der Waals surface area contributed by atoms with Crippen LogP contribution in [0.2, 0.25) is 5.02 Å². The molecule has 0 unspecified atom stereocenters. The van der Waals surface area contributed by atoms with Crippen LogP contribution in [0.3, 0.4) is 0 Å². The predicted octanol–water partition coefficient (Wildman–Crippen LogP) is 3.60. The second-order valence-corrected chi connectivity index (χ2v) is 7.57. The monoisotopic (exact) mass is 399 g/mol. The molecule has 2 aromatic carbocycles. The fourth-order valence-corrected chi connectivity index (χ4v) is 3.38. The molecule has 0 aliphatic heterocycles. The van der Waals surface area contributed by atoms with E-state index in [-0.39, 0.29) is 16.3 Å². The number of methoxy groups -OCH3 is 1. The second-order valence-electron chi connectivity index (χ2n) is 5.60. The van der Waals surface area contributed by atoms with Gasteiger partial charge in [0.05, 0.1) is 17.7 Å². The van der Waals surface area contributed by atoms with Crippen molar-refractivity contribution >= 4 is 21.6 Å². The Bertz CT molecular complexity index is 1150. The van der Waals surface area contributed by atoms with Gasteiger partial charge in [-0.3, -0.25) is 0 Å². The number of nitrogens with two attached hydrogens (primary N) is 1. The number of ether oxygens (including phenoxy) is 1. The molecule has 0 bridgehead atoms. The average Bonchev–Trinajstić information content (AvgIpc) is 2.67. The number of sulfonamides is 1. The van der Waals surface area contributed by atoms with Crippen molar-refractivity contribution < 1.29 is 13.2 Å². The number of rotatable bonds is 4. The van der Waals surface area contributed by atoms with Gasteiger partial charge in [0.1, 0.15) is 11.6 Å². The number of pyridine rings is 1. The van der Waals surface area contributed by atoms with Gasteiger partial charge in [-0.2, -0.15) is 5.26 Å². The Balaban J connectivity index is 2.28. The summed E-state index contributed by atoms with van der Waals surface area (Å²) in [6.07, 6.45) is 0. The second kappa shape index (κ2) is 7.37. The zero-order chi connectivity index (χ0) is 19.6. The normalized spacial score (nSPS) is 11.0. The highest BCUT2D eigenvalue weighted by Crippen LogP contribution is 2.37. The van der Waals surface area contributed by atoms with Crippen molar-refractivity contribution in [3.05, 3.63) is 65.2 Å². The average molecular weight is 400 g/mol. The molecule has 0 saturated carbocycles. The van der Waals surface area contributed by atoms with Crippen molar-refractivity contribution in [3.63, 3.8) is 0 Å². The fraction of sp³-hybridized carbons (Fsp3) is 0.0526. The maximum absolute atomic E-state index is 11.5. The first kappa shape index (κ1) is 18.9. The van der Waals surface area contributed by atoms with Gasteiger partial charge in [0.2, 0.25) is 15.9 Å². The van der Waals surface area contributed by atoms with E-state index in [0.717, 1.165) is 0 Å². The van der Waals surface area contributed by atoms with E-state index in [1.807, 2.05) is 12.1 Å². The maximum atomic E-state index is 11.5. The van der Waals surface area contributed by atoms with Gasteiger partial charge in [-0.25, -0.2) is 18.5 Å². The summed E-state index contributed by atoms with van der Waals surface area (Å²) in [5.74, 6) is 0.178. The Morgan fingerprint density at radius 3 is 2.33 bits per heavy atom. The van der Waals surface area contributed by atoms with Crippen molar-refractivity contribution in [2.45, 2.75) is 4.90 Å². The summed E-state index contributed by atoms with van der Waals surface area (Å²) in [6, 6.07) is 16.8. The Labute approximate surface area is 161 Å². The van der Waals surface area contributed by atoms with Gasteiger partial charge in [-0.1, -0.05) is 41.9 Å². The van der Waals surface area contributed by atoms with Crippen LogP contribution in [-0.4, -0.2) is 20.5 Å². The van der Waals surface area contributed by atoms with Crippen LogP contribution in [0.15, 0.2) is 59.5 Å². The molecule has 0 radical (unpaired) electrons. The Kier molecular flexibility index (Phi) is 5.15. The maximum Gasteiger partial charge on any atom is 0.238 e. The highest BCUT2D eigenvalue weighted by molar-refractivity contribution is 7.89. The van der Waals surface area contributed by atoms with Gasteiger partial charge < -0.3 is 4.74 Å². The molecular weight excluding hydrogens is 386 g/mol. The number of benzene rings is 2. The number of nitrogens with zero attached hydrogens (tertiary/aromatic N) is 2. The summed E-state index contributed by atoms with van der Waals surface area (Å²) in [7, 11) is -2.37. The summed E-state index contributed by atoms with van der Waals surface area (Å²) in [4.78, 5) is 4.46. The molecule has 27 heavy (non-hydrogen) atoms. The lowest BCUT2D eigenvalue weighted by Crippen LogP contribution is -2.11. The van der Waals surface area contributed by atoms with E-state index in [2.05, 4.69) is 4.98 Å². The van der Waals surface area contributed by atoms with Crippen molar-refractivity contribution in [3.8, 4) is 34.3 Å². The van der Waals surface area contributed by atoms with Gasteiger partial charge in [0.15, 0.2) is 0 Å². The number of hydrogen-bond donors (Lipinski definition) is 1. The lowest BCUT2D eigenvalue weighted by molar-refractivity contribution is 0.397. The zero-order valence-electron chi connectivity index (χ0n) is 14.2. The van der Waals surface area contributed by atoms with E-state index >= 15 is 0 Å². The number of nitriles is 1. The molecule has 0 aliphatic carbocycles. The molecule has 0 fully saturated rings. The van der Waals surface area contributed by atoms with E-state index in [1.54, 1.807) is 36.4 Å². The number of halogens is 1. The molecule has 1 heterocycles. The summed E-state index contributed by atoms with van der Waals surface area (Å²) < 4.78 is 28.2. The molecule has 8 heteroatoms. The molecular formula is C19H14ClN3O3S. The lowest BCUT2D eigenvalue weighted by atomic mass is 9.98. The van der Waals surface area contributed by atoms with Gasteiger partial charge in [-0.15, -0.1) is 0 Å². The summed E-state index contributed by atoms with van der Waals surface area (Å²) >= 11 is 6.33. The van der Waals surface area contributed by atoms with E-state index in [0.29, 0.717) is 27.4 Å². The minimum Gasteiger partial charge on any atom is -0.480 e. The number of aromatic nitrogens is 1. The highest BCUT2D eigenvalue weighted by atomic mass is 35.5. The van der Waals surface area contributed by atoms with Crippen LogP contribution in [0, 0.1) is 11.3 Å². The molecule has 3 aromatic rings. The highest BCUT2D eigenvalue weighted by Gasteiger charge is 2.18. The number of hydrogen-bond acceptors (Lipinski definition) is 5. The Hall–Kier alpha value is -2.92. The molecule has 3 rings (SSSR count). The molecule has 136 valence electrons. The van der Waals surface area contributed by atoms with Crippen LogP contribution < -0.4 is 9.88 Å². The molecule has 0 aliphatic rings. The first-order valence-electron chi connectivity index (χ1n) is 7.72. The summed E-state index contributed by atoms with van der Waals surface area (Å²) in [5.41, 5.74) is 2.69. The summed E-state index contributed by atoms with van der Waals surface area (Å²) in [6.45, 7) is 0. The van der Waals surface area contributed by atoms with Crippen LogP contribution in [0.5, 0.6) is 5.88 Å². The standard InChI is InChI=1S/C19H14ClN3O3S/c1-26-19-13(11-21)10-16(12-6-8-14(9-7-12)27(22,24)25)18(23-19)15-4-2-3-5-17(15)20/h2-10H,1H3,(H2,22,24,25). The Morgan fingerprint density at radius 2 is 1.78 bits per heavy atom. The van der Waals surface area contributed by atoms with Crippen molar-refractivity contribution in [1.29, 1.82) is 5.26 Å². The third-order valence-electron chi connectivity index (χ3n) is 3.92. The molecule has 6 nitrogen and oxygen atoms in total. The topological polar surface area (TPSA) is 106 Å². The fourth-order valence-electron chi connectivity index (χ4n) is 2.63. The minimum absolute atomic E-state index is 0.00692. The van der Waals surface area contributed by atoms with Gasteiger partial charge in [0.25, 0.3) is 0 Å². The van der Waals surface area contributed by atoms with Gasteiger partial charge in [0, 0.05) is 16.1 Å². The zero-order valence-corrected chi connectivity index (χ0v) is 15.8. The van der Waals surface area contributed by atoms with Crippen LogP contribution in [0.4, 0.5) is 0 Å². The van der Waals surface area contributed by atoms with Crippen molar-refractivity contribution in [2.75, 3.05) is 7.11 Å².